The minimum absolute atomic E-state index is 0.00218. The van der Waals surface area contributed by atoms with Crippen LogP contribution >= 0.6 is 0 Å². The van der Waals surface area contributed by atoms with Gasteiger partial charge in [0.25, 0.3) is 0 Å². The number of benzene rings is 10. The molecule has 0 spiro atoms. The number of para-hydroxylation sites is 2. The molecule has 11 aromatic rings. The lowest BCUT2D eigenvalue weighted by Crippen LogP contribution is -2.41. The lowest BCUT2D eigenvalue weighted by molar-refractivity contribution is 0.437. The molecule has 0 amide bonds. The second-order valence-electron chi connectivity index (χ2n) is 22.9. The molecule has 1 aromatic heterocycles. The van der Waals surface area contributed by atoms with E-state index in [1.54, 1.807) is 6.07 Å². The van der Waals surface area contributed by atoms with Gasteiger partial charge in [0.1, 0.15) is 11.4 Å². The molecular weight excluding hydrogens is 1000 g/mol. The molecular formula is C78H59FN2O. The first-order valence-electron chi connectivity index (χ1n) is 29.3. The first-order chi connectivity index (χ1) is 40.6. The molecule has 5 aliphatic carbocycles. The highest BCUT2D eigenvalue weighted by atomic mass is 19.1. The van der Waals surface area contributed by atoms with Gasteiger partial charge in [-0.2, -0.15) is 0 Å². The van der Waals surface area contributed by atoms with Crippen molar-refractivity contribution >= 4 is 56.2 Å². The van der Waals surface area contributed by atoms with Gasteiger partial charge in [0.05, 0.1) is 17.4 Å². The van der Waals surface area contributed by atoms with E-state index in [0.29, 0.717) is 12.1 Å². The molecule has 1 heterocycles. The fourth-order valence-corrected chi connectivity index (χ4v) is 14.7. The van der Waals surface area contributed by atoms with E-state index in [1.807, 2.05) is 48.5 Å². The van der Waals surface area contributed by atoms with Gasteiger partial charge in [-0.3, -0.25) is 0 Å². The SMILES string of the molecule is Fc1cc(-c2ccccc2)cc(-c2ccccc2)c1N(c1cccc2c1oc1ccccc12)C1CC=c2ccc3c4c(ccc1c24)=CCC3NC1C(CC2c3ccccc3-c3ccccc32)=CC(C2=CCCC=C2)=CC1c1ccccc1. The fourth-order valence-electron chi connectivity index (χ4n) is 14.7. The first kappa shape index (κ1) is 48.5. The van der Waals surface area contributed by atoms with Crippen molar-refractivity contribution in [2.75, 3.05) is 4.90 Å². The molecule has 0 aliphatic heterocycles. The maximum atomic E-state index is 18.3. The van der Waals surface area contributed by atoms with Crippen molar-refractivity contribution in [2.24, 2.45) is 0 Å². The number of allylic oxidation sites excluding steroid dienone is 6. The predicted molar refractivity (Wildman–Crippen MR) is 337 cm³/mol. The number of rotatable bonds is 11. The molecule has 4 heteroatoms. The number of hydrogen-bond donors (Lipinski definition) is 1. The highest BCUT2D eigenvalue weighted by Crippen LogP contribution is 2.52. The van der Waals surface area contributed by atoms with Crippen LogP contribution in [0.3, 0.4) is 0 Å². The van der Waals surface area contributed by atoms with E-state index >= 15 is 4.39 Å². The van der Waals surface area contributed by atoms with Gasteiger partial charge >= 0.3 is 0 Å². The standard InChI is InChI=1S/C78H59FN2O/c79-69-48-56(50-22-7-2-8-23-50)46-67(52-26-11-4-12-27-52)77(69)81(72-34-19-33-63-62-32-17-18-35-73(62)82-78(63)72)71-43-39-54-36-40-64-70(42-38-53-37-41-65(71)75(54)74(53)64)80-76-57(47-68-60-30-15-13-28-58(60)59-29-14-16-31-61(59)68)44-55(49-20-5-1-6-21-49)45-66(76)51-24-9-3-10-25-51/h2-5,7-41,44-46,48,66,68,70-71,76,80H,1,6,42-43,47H2. The van der Waals surface area contributed by atoms with Crippen LogP contribution < -0.4 is 20.7 Å². The molecule has 5 aliphatic rings. The summed E-state index contributed by atoms with van der Waals surface area (Å²) < 4.78 is 25.2. The van der Waals surface area contributed by atoms with Crippen molar-refractivity contribution in [3.8, 4) is 33.4 Å². The van der Waals surface area contributed by atoms with Gasteiger partial charge in [0.2, 0.25) is 0 Å². The number of anilines is 2. The quantitative estimate of drug-likeness (QED) is 0.140. The van der Waals surface area contributed by atoms with Gasteiger partial charge in [-0.1, -0.05) is 242 Å². The summed E-state index contributed by atoms with van der Waals surface area (Å²) in [5, 5.41) is 11.5. The zero-order valence-electron chi connectivity index (χ0n) is 45.5. The summed E-state index contributed by atoms with van der Waals surface area (Å²) in [6.45, 7) is 0. The highest BCUT2D eigenvalue weighted by molar-refractivity contribution is 6.10. The predicted octanol–water partition coefficient (Wildman–Crippen LogP) is 18.6. The molecule has 16 rings (SSSR count). The Hall–Kier alpha value is -9.35. The Morgan fingerprint density at radius 2 is 1.18 bits per heavy atom. The van der Waals surface area contributed by atoms with Gasteiger partial charge in [0, 0.05) is 40.3 Å². The van der Waals surface area contributed by atoms with Crippen molar-refractivity contribution in [2.45, 2.75) is 62.1 Å². The molecule has 394 valence electrons. The molecule has 10 aromatic carbocycles. The van der Waals surface area contributed by atoms with Crippen molar-refractivity contribution in [3.05, 3.63) is 310 Å². The van der Waals surface area contributed by atoms with Gasteiger partial charge in [0.15, 0.2) is 5.58 Å². The maximum Gasteiger partial charge on any atom is 0.159 e. The van der Waals surface area contributed by atoms with E-state index in [1.165, 1.54) is 76.9 Å². The van der Waals surface area contributed by atoms with Gasteiger partial charge in [-0.15, -0.1) is 0 Å². The molecule has 82 heavy (non-hydrogen) atoms. The van der Waals surface area contributed by atoms with E-state index in [0.717, 1.165) is 75.6 Å². The zero-order chi connectivity index (χ0) is 54.3. The largest absolute Gasteiger partial charge is 0.454 e. The summed E-state index contributed by atoms with van der Waals surface area (Å²) in [4.78, 5) is 2.28. The van der Waals surface area contributed by atoms with Gasteiger partial charge in [-0.05, 0) is 144 Å². The highest BCUT2D eigenvalue weighted by Gasteiger charge is 2.38. The monoisotopic (exact) mass is 1060 g/mol. The molecule has 4 unspecified atom stereocenters. The topological polar surface area (TPSA) is 28.4 Å². The van der Waals surface area contributed by atoms with Crippen LogP contribution in [0.2, 0.25) is 0 Å². The average Bonchev–Trinajstić information content (AvgIpc) is 4.10. The Balaban J connectivity index is 0.860. The van der Waals surface area contributed by atoms with Crippen LogP contribution in [0.4, 0.5) is 15.8 Å². The average molecular weight is 1060 g/mol. The molecule has 0 bridgehead atoms. The van der Waals surface area contributed by atoms with Crippen molar-refractivity contribution in [3.63, 3.8) is 0 Å². The number of furan rings is 1. The van der Waals surface area contributed by atoms with E-state index in [-0.39, 0.29) is 35.8 Å². The number of nitrogens with zero attached hydrogens (tertiary/aromatic N) is 1. The zero-order valence-corrected chi connectivity index (χ0v) is 45.5. The summed E-state index contributed by atoms with van der Waals surface area (Å²) in [6.07, 6.45) is 21.6. The maximum absolute atomic E-state index is 18.3. The van der Waals surface area contributed by atoms with Crippen LogP contribution in [-0.2, 0) is 0 Å². The molecule has 0 saturated carbocycles. The van der Waals surface area contributed by atoms with Crippen LogP contribution in [0, 0.1) is 5.82 Å². The summed E-state index contributed by atoms with van der Waals surface area (Å²) in [5.41, 5.74) is 19.8. The summed E-state index contributed by atoms with van der Waals surface area (Å²) in [5.74, 6) is 0.0125. The first-order valence-corrected chi connectivity index (χ1v) is 29.3. The second kappa shape index (κ2) is 20.0. The Bertz CT molecular complexity index is 4580. The molecule has 3 nitrogen and oxygen atoms in total. The third-order valence-corrected chi connectivity index (χ3v) is 18.4. The van der Waals surface area contributed by atoms with Crippen LogP contribution in [0.15, 0.2) is 270 Å². The lowest BCUT2D eigenvalue weighted by atomic mass is 9.74. The van der Waals surface area contributed by atoms with Crippen LogP contribution in [0.1, 0.15) is 83.8 Å². The van der Waals surface area contributed by atoms with E-state index in [2.05, 4.69) is 217 Å². The Kier molecular flexibility index (Phi) is 11.9. The van der Waals surface area contributed by atoms with E-state index in [9.17, 15) is 0 Å². The fraction of sp³-hybridized carbons (Fsp3) is 0.128. The van der Waals surface area contributed by atoms with Crippen LogP contribution in [0.5, 0.6) is 0 Å². The van der Waals surface area contributed by atoms with E-state index in [4.69, 9.17) is 4.42 Å². The third-order valence-electron chi connectivity index (χ3n) is 18.4. The molecule has 4 atom stereocenters. The minimum atomic E-state index is -0.303. The third kappa shape index (κ3) is 8.10. The number of hydrogen-bond acceptors (Lipinski definition) is 3. The van der Waals surface area contributed by atoms with Crippen LogP contribution in [-0.4, -0.2) is 6.04 Å². The van der Waals surface area contributed by atoms with Crippen LogP contribution in [0.25, 0.3) is 78.2 Å². The Morgan fingerprint density at radius 3 is 1.94 bits per heavy atom. The Morgan fingerprint density at radius 1 is 0.524 bits per heavy atom. The summed E-state index contributed by atoms with van der Waals surface area (Å²) >= 11 is 0. The number of fused-ring (bicyclic) bond motifs is 6. The lowest BCUT2D eigenvalue weighted by Gasteiger charge is -2.39. The number of halogens is 1. The molecule has 0 fully saturated rings. The normalized spacial score (nSPS) is 18.8. The van der Waals surface area contributed by atoms with Gasteiger partial charge in [-0.25, -0.2) is 4.39 Å². The summed E-state index contributed by atoms with van der Waals surface area (Å²) in [7, 11) is 0. The van der Waals surface area contributed by atoms with E-state index < -0.39 is 0 Å². The second-order valence-corrected chi connectivity index (χ2v) is 22.9. The molecule has 1 N–H and O–H groups in total. The summed E-state index contributed by atoms with van der Waals surface area (Å²) in [6, 6.07) is 77.5. The molecule has 0 saturated heterocycles. The van der Waals surface area contributed by atoms with Gasteiger partial charge < -0.3 is 14.6 Å². The smallest absolute Gasteiger partial charge is 0.159 e. The number of nitrogens with one attached hydrogen (secondary N) is 1. The van der Waals surface area contributed by atoms with Crippen molar-refractivity contribution in [1.29, 1.82) is 0 Å². The Labute approximate surface area is 477 Å². The van der Waals surface area contributed by atoms with Crippen molar-refractivity contribution in [1.82, 2.24) is 5.32 Å². The van der Waals surface area contributed by atoms with Crippen molar-refractivity contribution < 1.29 is 8.81 Å². The molecule has 0 radical (unpaired) electrons. The minimum Gasteiger partial charge on any atom is -0.454 e.